The molecule has 2 aromatic rings. The molecule has 0 aromatic heterocycles. The summed E-state index contributed by atoms with van der Waals surface area (Å²) in [6.07, 6.45) is 0.185. The molecule has 0 amide bonds. The Kier molecular flexibility index (Phi) is 5.84. The van der Waals surface area contributed by atoms with Crippen molar-refractivity contribution in [3.63, 3.8) is 0 Å². The van der Waals surface area contributed by atoms with Crippen molar-refractivity contribution in [2.75, 3.05) is 19.4 Å². The number of phenolic OH excluding ortho intramolecular Hbond substituents is 1. The van der Waals surface area contributed by atoms with E-state index in [-0.39, 0.29) is 17.5 Å². The number of methoxy groups -OCH3 is 1. The number of benzene rings is 2. The van der Waals surface area contributed by atoms with Crippen LogP contribution in [-0.4, -0.2) is 29.9 Å². The van der Waals surface area contributed by atoms with Gasteiger partial charge in [0.2, 0.25) is 0 Å². The van der Waals surface area contributed by atoms with E-state index in [2.05, 4.69) is 12.2 Å². The Bertz CT molecular complexity index is 629. The average Bonchev–Trinajstić information content (AvgIpc) is 2.56. The molecule has 0 unspecified atom stereocenters. The lowest BCUT2D eigenvalue weighted by Gasteiger charge is -2.18. The number of aromatic hydroxyl groups is 1. The summed E-state index contributed by atoms with van der Waals surface area (Å²) in [4.78, 5) is 0. The molecule has 0 spiro atoms. The Morgan fingerprint density at radius 2 is 1.87 bits per heavy atom. The highest BCUT2D eigenvalue weighted by Crippen LogP contribution is 2.24. The van der Waals surface area contributed by atoms with Gasteiger partial charge in [0, 0.05) is 12.6 Å². The molecular formula is C18H24N2O3. The highest BCUT2D eigenvalue weighted by Gasteiger charge is 2.11. The lowest BCUT2D eigenvalue weighted by molar-refractivity contribution is 0.170. The molecule has 5 nitrogen and oxygen atoms in total. The summed E-state index contributed by atoms with van der Waals surface area (Å²) in [6, 6.07) is 12.9. The predicted octanol–water partition coefficient (Wildman–Crippen LogP) is 2.24. The first-order valence-electron chi connectivity index (χ1n) is 7.62. The molecule has 0 aliphatic carbocycles. The van der Waals surface area contributed by atoms with Crippen LogP contribution in [-0.2, 0) is 6.42 Å². The molecule has 0 saturated carbocycles. The molecule has 2 atom stereocenters. The third kappa shape index (κ3) is 4.87. The number of anilines is 1. The zero-order valence-corrected chi connectivity index (χ0v) is 13.5. The minimum atomic E-state index is -0.670. The maximum absolute atomic E-state index is 10.2. The van der Waals surface area contributed by atoms with E-state index in [4.69, 9.17) is 10.5 Å². The summed E-state index contributed by atoms with van der Waals surface area (Å²) >= 11 is 0. The van der Waals surface area contributed by atoms with E-state index in [0.717, 1.165) is 12.2 Å². The van der Waals surface area contributed by atoms with Crippen molar-refractivity contribution in [1.82, 2.24) is 5.32 Å². The average molecular weight is 316 g/mol. The second-order valence-electron chi connectivity index (χ2n) is 5.70. The number of aliphatic hydroxyl groups excluding tert-OH is 1. The summed E-state index contributed by atoms with van der Waals surface area (Å²) in [6.45, 7) is 2.49. The van der Waals surface area contributed by atoms with E-state index < -0.39 is 6.10 Å². The van der Waals surface area contributed by atoms with Gasteiger partial charge in [-0.15, -0.1) is 0 Å². The van der Waals surface area contributed by atoms with Crippen LogP contribution in [0.5, 0.6) is 11.5 Å². The van der Waals surface area contributed by atoms with Crippen LogP contribution in [0.15, 0.2) is 42.5 Å². The second kappa shape index (κ2) is 7.85. The van der Waals surface area contributed by atoms with E-state index >= 15 is 0 Å². The van der Waals surface area contributed by atoms with Crippen LogP contribution in [0.2, 0.25) is 0 Å². The van der Waals surface area contributed by atoms with Crippen LogP contribution in [0.3, 0.4) is 0 Å². The molecule has 0 aliphatic heterocycles. The minimum Gasteiger partial charge on any atom is -0.506 e. The number of hydrogen-bond acceptors (Lipinski definition) is 5. The second-order valence-corrected chi connectivity index (χ2v) is 5.70. The van der Waals surface area contributed by atoms with Gasteiger partial charge in [0.1, 0.15) is 11.5 Å². The number of phenols is 1. The van der Waals surface area contributed by atoms with Crippen molar-refractivity contribution in [3.05, 3.63) is 53.6 Å². The largest absolute Gasteiger partial charge is 0.506 e. The van der Waals surface area contributed by atoms with Gasteiger partial charge >= 0.3 is 0 Å². The summed E-state index contributed by atoms with van der Waals surface area (Å²) in [5.41, 5.74) is 7.81. The molecule has 23 heavy (non-hydrogen) atoms. The zero-order chi connectivity index (χ0) is 16.8. The van der Waals surface area contributed by atoms with Gasteiger partial charge in [-0.25, -0.2) is 0 Å². The highest BCUT2D eigenvalue weighted by atomic mass is 16.5. The van der Waals surface area contributed by atoms with Gasteiger partial charge in [-0.3, -0.25) is 0 Å². The summed E-state index contributed by atoms with van der Waals surface area (Å²) < 4.78 is 5.14. The maximum atomic E-state index is 10.2. The standard InChI is InChI=1S/C18H24N2O3/c1-12(9-13-3-6-15(23-2)7-4-13)20-11-18(22)14-5-8-17(21)16(19)10-14/h3-8,10,12,18,20-22H,9,11,19H2,1-2H3/t12-,18+/m0/s1. The Morgan fingerprint density at radius 3 is 2.48 bits per heavy atom. The van der Waals surface area contributed by atoms with Gasteiger partial charge in [-0.1, -0.05) is 18.2 Å². The van der Waals surface area contributed by atoms with E-state index in [1.54, 1.807) is 19.2 Å². The fraction of sp³-hybridized carbons (Fsp3) is 0.333. The van der Waals surface area contributed by atoms with E-state index in [1.807, 2.05) is 24.3 Å². The number of rotatable bonds is 7. The van der Waals surface area contributed by atoms with Crippen molar-refractivity contribution in [3.8, 4) is 11.5 Å². The lowest BCUT2D eigenvalue weighted by Crippen LogP contribution is -2.32. The molecule has 0 heterocycles. The highest BCUT2D eigenvalue weighted by molar-refractivity contribution is 5.53. The van der Waals surface area contributed by atoms with Crippen molar-refractivity contribution in [2.24, 2.45) is 0 Å². The van der Waals surface area contributed by atoms with Gasteiger partial charge in [0.25, 0.3) is 0 Å². The maximum Gasteiger partial charge on any atom is 0.138 e. The summed E-state index contributed by atoms with van der Waals surface area (Å²) in [5, 5.41) is 22.9. The van der Waals surface area contributed by atoms with E-state index in [0.29, 0.717) is 12.1 Å². The van der Waals surface area contributed by atoms with Crippen molar-refractivity contribution in [2.45, 2.75) is 25.5 Å². The number of nitrogens with one attached hydrogen (secondary N) is 1. The molecular weight excluding hydrogens is 292 g/mol. The van der Waals surface area contributed by atoms with Gasteiger partial charge in [-0.05, 0) is 48.7 Å². The van der Waals surface area contributed by atoms with Crippen molar-refractivity contribution >= 4 is 5.69 Å². The molecule has 5 heteroatoms. The number of hydrogen-bond donors (Lipinski definition) is 4. The van der Waals surface area contributed by atoms with Crippen LogP contribution in [0.25, 0.3) is 0 Å². The van der Waals surface area contributed by atoms with E-state index in [9.17, 15) is 10.2 Å². The first-order valence-corrected chi connectivity index (χ1v) is 7.62. The zero-order valence-electron chi connectivity index (χ0n) is 13.5. The number of nitrogens with two attached hydrogens (primary N) is 1. The van der Waals surface area contributed by atoms with Crippen molar-refractivity contribution < 1.29 is 14.9 Å². The van der Waals surface area contributed by atoms with Gasteiger partial charge < -0.3 is 26.0 Å². The van der Waals surface area contributed by atoms with Crippen LogP contribution in [0.1, 0.15) is 24.2 Å². The van der Waals surface area contributed by atoms with Gasteiger partial charge in [0.15, 0.2) is 0 Å². The lowest BCUT2D eigenvalue weighted by atomic mass is 10.1. The van der Waals surface area contributed by atoms with Crippen LogP contribution in [0.4, 0.5) is 5.69 Å². The van der Waals surface area contributed by atoms with Crippen LogP contribution < -0.4 is 15.8 Å². The molecule has 2 rings (SSSR count). The van der Waals surface area contributed by atoms with E-state index in [1.165, 1.54) is 11.6 Å². The normalized spacial score (nSPS) is 13.5. The Morgan fingerprint density at radius 1 is 1.17 bits per heavy atom. The molecule has 0 saturated heterocycles. The van der Waals surface area contributed by atoms with Crippen LogP contribution in [0, 0.1) is 0 Å². The molecule has 0 bridgehead atoms. The molecule has 5 N–H and O–H groups in total. The molecule has 0 aliphatic rings. The first-order chi connectivity index (χ1) is 11.0. The minimum absolute atomic E-state index is 0.0294. The Hall–Kier alpha value is -2.24. The predicted molar refractivity (Wildman–Crippen MR) is 91.6 cm³/mol. The van der Waals surface area contributed by atoms with Gasteiger partial charge in [0.05, 0.1) is 18.9 Å². The number of aliphatic hydroxyl groups is 1. The first kappa shape index (κ1) is 17.1. The monoisotopic (exact) mass is 316 g/mol. The molecule has 0 radical (unpaired) electrons. The Labute approximate surface area is 136 Å². The smallest absolute Gasteiger partial charge is 0.138 e. The SMILES string of the molecule is COc1ccc(C[C@H](C)NC[C@@H](O)c2ccc(O)c(N)c2)cc1. The summed E-state index contributed by atoms with van der Waals surface area (Å²) in [7, 11) is 1.65. The Balaban J connectivity index is 1.85. The van der Waals surface area contributed by atoms with Crippen LogP contribution >= 0.6 is 0 Å². The molecule has 124 valence electrons. The fourth-order valence-electron chi connectivity index (χ4n) is 2.40. The topological polar surface area (TPSA) is 87.7 Å². The molecule has 0 fully saturated rings. The molecule has 2 aromatic carbocycles. The van der Waals surface area contributed by atoms with Crippen molar-refractivity contribution in [1.29, 1.82) is 0 Å². The third-order valence-corrected chi connectivity index (χ3v) is 3.80. The number of ether oxygens (including phenoxy) is 1. The third-order valence-electron chi connectivity index (χ3n) is 3.80. The quantitative estimate of drug-likeness (QED) is 0.465. The fourth-order valence-corrected chi connectivity index (χ4v) is 2.40. The van der Waals surface area contributed by atoms with Gasteiger partial charge in [-0.2, -0.15) is 0 Å². The number of nitrogen functional groups attached to an aromatic ring is 1. The summed E-state index contributed by atoms with van der Waals surface area (Å²) in [5.74, 6) is 0.872.